The third-order valence-electron chi connectivity index (χ3n) is 5.04. The van der Waals surface area contributed by atoms with E-state index in [4.69, 9.17) is 9.29 Å². The van der Waals surface area contributed by atoms with Gasteiger partial charge >= 0.3 is 16.3 Å². The Labute approximate surface area is 202 Å². The maximum atomic E-state index is 13.2. The molecule has 11 heteroatoms. The van der Waals surface area contributed by atoms with E-state index in [0.717, 1.165) is 16.1 Å². The van der Waals surface area contributed by atoms with Crippen LogP contribution in [-0.4, -0.2) is 36.9 Å². The number of anilines is 1. The molecule has 0 aliphatic heterocycles. The summed E-state index contributed by atoms with van der Waals surface area (Å²) < 4.78 is 37.8. The van der Waals surface area contributed by atoms with Gasteiger partial charge in [0.15, 0.2) is 0 Å². The van der Waals surface area contributed by atoms with Crippen molar-refractivity contribution in [3.05, 3.63) is 81.8 Å². The Hall–Kier alpha value is -3.28. The minimum atomic E-state index is -4.37. The van der Waals surface area contributed by atoms with Crippen LogP contribution in [0.5, 0.6) is 0 Å². The summed E-state index contributed by atoms with van der Waals surface area (Å²) in [7, 11) is -3.13. The third kappa shape index (κ3) is 7.37. The predicted molar refractivity (Wildman–Crippen MR) is 129 cm³/mol. The van der Waals surface area contributed by atoms with Crippen molar-refractivity contribution in [1.29, 1.82) is 0 Å². The summed E-state index contributed by atoms with van der Waals surface area (Å²) in [4.78, 5) is 30.1. The van der Waals surface area contributed by atoms with E-state index < -0.39 is 34.1 Å². The van der Waals surface area contributed by atoms with Crippen LogP contribution in [0.1, 0.15) is 27.9 Å². The molecule has 1 aromatic heterocycles. The minimum absolute atomic E-state index is 0.193. The lowest BCUT2D eigenvalue weighted by molar-refractivity contribution is -0.150. The number of methoxy groups -OCH3 is 1. The number of carbonyl (C=O) groups excluding carboxylic acids is 2. The Morgan fingerprint density at radius 3 is 2.26 bits per heavy atom. The second kappa shape index (κ2) is 11.2. The van der Waals surface area contributed by atoms with Gasteiger partial charge in [0.05, 0.1) is 29.5 Å². The maximum absolute atomic E-state index is 13.2. The van der Waals surface area contributed by atoms with Crippen LogP contribution < -0.4 is 10.0 Å². The zero-order valence-electron chi connectivity index (χ0n) is 18.6. The minimum Gasteiger partial charge on any atom is -0.468 e. The molecule has 1 heterocycles. The third-order valence-corrected chi connectivity index (χ3v) is 6.32. The molecule has 2 aromatic carbocycles. The molecule has 0 aliphatic carbocycles. The van der Waals surface area contributed by atoms with Gasteiger partial charge in [-0.1, -0.05) is 42.5 Å². The molecule has 0 radical (unpaired) electrons. The summed E-state index contributed by atoms with van der Waals surface area (Å²) in [5, 5.41) is 5.61. The largest absolute Gasteiger partial charge is 0.468 e. The molecule has 3 N–H and O–H groups in total. The number of nitrogens with one attached hydrogen (secondary N) is 2. The summed E-state index contributed by atoms with van der Waals surface area (Å²) in [6.45, 7) is 1.86. The van der Waals surface area contributed by atoms with E-state index in [1.54, 1.807) is 12.1 Å². The molecule has 0 saturated heterocycles. The van der Waals surface area contributed by atoms with Crippen molar-refractivity contribution in [1.82, 2.24) is 10.3 Å². The normalized spacial score (nSPS) is 13.0. The number of rotatable bonds is 10. The van der Waals surface area contributed by atoms with Crippen molar-refractivity contribution >= 4 is 39.2 Å². The van der Waals surface area contributed by atoms with Gasteiger partial charge in [-0.25, -0.2) is 4.98 Å². The number of amides is 1. The van der Waals surface area contributed by atoms with Crippen molar-refractivity contribution in [2.45, 2.75) is 25.8 Å². The quantitative estimate of drug-likeness (QED) is 0.220. The Morgan fingerprint density at radius 1 is 1.06 bits per heavy atom. The fourth-order valence-corrected chi connectivity index (χ4v) is 4.51. The van der Waals surface area contributed by atoms with Gasteiger partial charge in [0.1, 0.15) is 5.92 Å². The molecule has 0 saturated carbocycles. The summed E-state index contributed by atoms with van der Waals surface area (Å²) in [5.41, 5.74) is 2.47. The highest BCUT2D eigenvalue weighted by atomic mass is 32.2. The van der Waals surface area contributed by atoms with Crippen molar-refractivity contribution in [2.75, 3.05) is 11.8 Å². The number of hydrogen-bond acceptors (Lipinski definition) is 7. The first-order valence-electron chi connectivity index (χ1n) is 10.3. The van der Waals surface area contributed by atoms with Gasteiger partial charge in [-0.3, -0.25) is 18.9 Å². The molecule has 0 aliphatic rings. The zero-order chi connectivity index (χ0) is 24.7. The molecular formula is C23H25N3O6S2. The fraction of sp³-hybridized carbons (Fsp3) is 0.261. The molecule has 9 nitrogen and oxygen atoms in total. The lowest BCUT2D eigenvalue weighted by Gasteiger charge is -2.21. The van der Waals surface area contributed by atoms with Crippen molar-refractivity contribution < 1.29 is 27.3 Å². The molecule has 34 heavy (non-hydrogen) atoms. The number of ether oxygens (including phenoxy) is 1. The average Bonchev–Trinajstić information content (AvgIpc) is 3.23. The number of esters is 1. The van der Waals surface area contributed by atoms with Gasteiger partial charge in [-0.2, -0.15) is 8.42 Å². The van der Waals surface area contributed by atoms with Gasteiger partial charge in [0, 0.05) is 5.38 Å². The lowest BCUT2D eigenvalue weighted by atomic mass is 9.97. The molecule has 0 spiro atoms. The summed E-state index contributed by atoms with van der Waals surface area (Å²) in [6.07, 6.45) is 0.540. The van der Waals surface area contributed by atoms with E-state index >= 15 is 0 Å². The predicted octanol–water partition coefficient (Wildman–Crippen LogP) is 3.10. The fourth-order valence-electron chi connectivity index (χ4n) is 3.41. The summed E-state index contributed by atoms with van der Waals surface area (Å²) in [5.74, 6) is -2.14. The summed E-state index contributed by atoms with van der Waals surface area (Å²) in [6, 6.07) is 15.0. The number of nitrogens with zero attached hydrogens (tertiary/aromatic N) is 1. The van der Waals surface area contributed by atoms with Gasteiger partial charge in [0.2, 0.25) is 5.91 Å². The Bertz CT molecular complexity index is 1230. The molecule has 3 rings (SSSR count). The van der Waals surface area contributed by atoms with E-state index in [1.807, 2.05) is 47.4 Å². The molecule has 180 valence electrons. The second-order valence-electron chi connectivity index (χ2n) is 7.60. The number of thiazole rings is 1. The molecule has 3 aromatic rings. The lowest BCUT2D eigenvalue weighted by Crippen LogP contribution is -2.40. The van der Waals surface area contributed by atoms with Gasteiger partial charge in [-0.05, 0) is 43.0 Å². The van der Waals surface area contributed by atoms with E-state index in [2.05, 4.69) is 10.3 Å². The highest BCUT2D eigenvalue weighted by molar-refractivity contribution is 7.87. The van der Waals surface area contributed by atoms with Crippen LogP contribution in [0, 0.1) is 12.8 Å². The molecule has 0 bridgehead atoms. The van der Waals surface area contributed by atoms with Gasteiger partial charge in [0.25, 0.3) is 0 Å². The van der Waals surface area contributed by atoms with Gasteiger partial charge < -0.3 is 10.1 Å². The Balaban J connectivity index is 1.81. The molecule has 0 fully saturated rings. The smallest absolute Gasteiger partial charge is 0.357 e. The van der Waals surface area contributed by atoms with Crippen LogP contribution in [0.2, 0.25) is 0 Å². The Morgan fingerprint density at radius 2 is 1.71 bits per heavy atom. The van der Waals surface area contributed by atoms with Crippen LogP contribution in [0.25, 0.3) is 0 Å². The second-order valence-corrected chi connectivity index (χ2v) is 9.81. The van der Waals surface area contributed by atoms with Crippen LogP contribution in [0.4, 0.5) is 5.69 Å². The van der Waals surface area contributed by atoms with Crippen LogP contribution in [0.3, 0.4) is 0 Å². The molecular weight excluding hydrogens is 478 g/mol. The standard InChI is InChI=1S/C23H25N3O6S2/c1-15-24-21(14-33-15)20(13-17-8-10-18(11-9-17)26-34(29,30)31)25-22(27)19(23(28)32-2)12-16-6-4-3-5-7-16/h3-11,14,19-20,26H,12-13H2,1-2H3,(H,25,27)(H,29,30,31)/t19-,20-/m0/s1. The van der Waals surface area contributed by atoms with Crippen LogP contribution in [0.15, 0.2) is 60.0 Å². The first kappa shape index (κ1) is 25.3. The highest BCUT2D eigenvalue weighted by Crippen LogP contribution is 2.23. The maximum Gasteiger partial charge on any atom is 0.357 e. The highest BCUT2D eigenvalue weighted by Gasteiger charge is 2.30. The van der Waals surface area contributed by atoms with E-state index in [1.165, 1.54) is 30.6 Å². The molecule has 2 atom stereocenters. The van der Waals surface area contributed by atoms with Crippen molar-refractivity contribution in [2.24, 2.45) is 5.92 Å². The topological polar surface area (TPSA) is 135 Å². The number of hydrogen-bond donors (Lipinski definition) is 3. The van der Waals surface area contributed by atoms with E-state index in [0.29, 0.717) is 12.1 Å². The number of carbonyl (C=O) groups is 2. The number of aromatic nitrogens is 1. The number of benzene rings is 2. The Kier molecular flexibility index (Phi) is 8.37. The first-order valence-corrected chi connectivity index (χ1v) is 12.6. The summed E-state index contributed by atoms with van der Waals surface area (Å²) >= 11 is 1.44. The zero-order valence-corrected chi connectivity index (χ0v) is 20.2. The van der Waals surface area contributed by atoms with Crippen molar-refractivity contribution in [3.8, 4) is 0 Å². The van der Waals surface area contributed by atoms with Crippen LogP contribution in [-0.2, 0) is 37.5 Å². The molecule has 1 amide bonds. The SMILES string of the molecule is COC(=O)[C@@H](Cc1ccccc1)C(=O)N[C@@H](Cc1ccc(NS(=O)(=O)O)cc1)c1csc(C)n1. The average molecular weight is 504 g/mol. The number of aryl methyl sites for hydroxylation is 1. The first-order chi connectivity index (χ1) is 16.1. The van der Waals surface area contributed by atoms with Crippen molar-refractivity contribution in [3.63, 3.8) is 0 Å². The monoisotopic (exact) mass is 503 g/mol. The van der Waals surface area contributed by atoms with E-state index in [9.17, 15) is 18.0 Å². The van der Waals surface area contributed by atoms with Crippen LogP contribution >= 0.6 is 11.3 Å². The van der Waals surface area contributed by atoms with Gasteiger partial charge in [-0.15, -0.1) is 11.3 Å². The van der Waals surface area contributed by atoms with E-state index in [-0.39, 0.29) is 12.1 Å². The molecule has 0 unspecified atom stereocenters.